The van der Waals surface area contributed by atoms with Gasteiger partial charge in [0, 0.05) is 25.4 Å². The Bertz CT molecular complexity index is 722. The molecule has 0 spiro atoms. The lowest BCUT2D eigenvalue weighted by Gasteiger charge is -2.33. The summed E-state index contributed by atoms with van der Waals surface area (Å²) in [7, 11) is 1.60. The second kappa shape index (κ2) is 7.38. The van der Waals surface area contributed by atoms with Crippen molar-refractivity contribution in [2.24, 2.45) is 0 Å². The summed E-state index contributed by atoms with van der Waals surface area (Å²) in [5.41, 5.74) is 2.31. The number of ether oxygens (including phenoxy) is 1. The van der Waals surface area contributed by atoms with Gasteiger partial charge in [-0.3, -0.25) is 4.79 Å². The van der Waals surface area contributed by atoms with Crippen molar-refractivity contribution in [3.05, 3.63) is 41.1 Å². The van der Waals surface area contributed by atoms with E-state index < -0.39 is 12.0 Å². The lowest BCUT2D eigenvalue weighted by molar-refractivity contribution is -0.143. The maximum Gasteiger partial charge on any atom is 0.338 e. The number of hydrogen-bond donors (Lipinski definition) is 2. The SMILES string of the molecule is CC(=O)Nc1ccc(C2NC(=O)N(C)C(C)=C2C(=O)OC(C)C)cc1. The van der Waals surface area contributed by atoms with Gasteiger partial charge < -0.3 is 20.3 Å². The molecule has 25 heavy (non-hydrogen) atoms. The smallest absolute Gasteiger partial charge is 0.338 e. The van der Waals surface area contributed by atoms with Gasteiger partial charge in [-0.05, 0) is 38.5 Å². The average Bonchev–Trinajstić information content (AvgIpc) is 2.51. The van der Waals surface area contributed by atoms with E-state index in [2.05, 4.69) is 10.6 Å². The topological polar surface area (TPSA) is 87.7 Å². The maximum atomic E-state index is 12.6. The fourth-order valence-electron chi connectivity index (χ4n) is 2.59. The zero-order valence-corrected chi connectivity index (χ0v) is 15.0. The predicted molar refractivity (Wildman–Crippen MR) is 93.7 cm³/mol. The third-order valence-electron chi connectivity index (χ3n) is 3.88. The van der Waals surface area contributed by atoms with Crippen LogP contribution in [-0.4, -0.2) is 36.0 Å². The highest BCUT2D eigenvalue weighted by atomic mass is 16.5. The number of urea groups is 1. The normalized spacial score (nSPS) is 17.4. The van der Waals surface area contributed by atoms with Crippen molar-refractivity contribution >= 4 is 23.6 Å². The number of allylic oxidation sites excluding steroid dienone is 1. The minimum absolute atomic E-state index is 0.169. The van der Waals surface area contributed by atoms with Crippen molar-refractivity contribution in [3.63, 3.8) is 0 Å². The van der Waals surface area contributed by atoms with Gasteiger partial charge in [0.05, 0.1) is 17.7 Å². The van der Waals surface area contributed by atoms with Crippen molar-refractivity contribution in [2.75, 3.05) is 12.4 Å². The second-order valence-corrected chi connectivity index (χ2v) is 6.20. The molecule has 2 N–H and O–H groups in total. The van der Waals surface area contributed by atoms with E-state index in [1.165, 1.54) is 11.8 Å². The first-order valence-corrected chi connectivity index (χ1v) is 8.04. The highest BCUT2D eigenvalue weighted by Crippen LogP contribution is 2.31. The lowest BCUT2D eigenvalue weighted by Crippen LogP contribution is -2.46. The van der Waals surface area contributed by atoms with Crippen LogP contribution in [-0.2, 0) is 14.3 Å². The third-order valence-corrected chi connectivity index (χ3v) is 3.88. The molecule has 1 unspecified atom stereocenters. The molecule has 0 radical (unpaired) electrons. The highest BCUT2D eigenvalue weighted by molar-refractivity contribution is 5.95. The molecule has 3 amide bonds. The molecule has 1 aliphatic heterocycles. The fraction of sp³-hybridized carbons (Fsp3) is 0.389. The minimum atomic E-state index is -0.610. The molecule has 1 aliphatic rings. The maximum absolute atomic E-state index is 12.6. The first kappa shape index (κ1) is 18.5. The van der Waals surface area contributed by atoms with Crippen LogP contribution in [0.25, 0.3) is 0 Å². The summed E-state index contributed by atoms with van der Waals surface area (Å²) in [5, 5.41) is 5.50. The van der Waals surface area contributed by atoms with Gasteiger partial charge in [0.2, 0.25) is 5.91 Å². The Hall–Kier alpha value is -2.83. The molecular weight excluding hydrogens is 322 g/mol. The zero-order valence-electron chi connectivity index (χ0n) is 15.0. The number of rotatable bonds is 4. The Morgan fingerprint density at radius 3 is 2.36 bits per heavy atom. The Morgan fingerprint density at radius 2 is 1.84 bits per heavy atom. The van der Waals surface area contributed by atoms with E-state index in [-0.39, 0.29) is 18.0 Å². The monoisotopic (exact) mass is 345 g/mol. The van der Waals surface area contributed by atoms with Gasteiger partial charge >= 0.3 is 12.0 Å². The van der Waals surface area contributed by atoms with E-state index in [1.54, 1.807) is 52.1 Å². The highest BCUT2D eigenvalue weighted by Gasteiger charge is 2.35. The number of anilines is 1. The standard InChI is InChI=1S/C18H23N3O4/c1-10(2)25-17(23)15-11(3)21(5)18(24)20-16(15)13-6-8-14(9-7-13)19-12(4)22/h6-10,16H,1-5H3,(H,19,22)(H,20,24). The van der Waals surface area contributed by atoms with Crippen LogP contribution >= 0.6 is 0 Å². The van der Waals surface area contributed by atoms with Gasteiger partial charge in [0.25, 0.3) is 0 Å². The van der Waals surface area contributed by atoms with Gasteiger partial charge in [-0.1, -0.05) is 12.1 Å². The largest absolute Gasteiger partial charge is 0.459 e. The average molecular weight is 345 g/mol. The van der Waals surface area contributed by atoms with Crippen LogP contribution in [0, 0.1) is 0 Å². The van der Waals surface area contributed by atoms with E-state index in [0.29, 0.717) is 17.0 Å². The summed E-state index contributed by atoms with van der Waals surface area (Å²) in [6.45, 7) is 6.69. The van der Waals surface area contributed by atoms with Crippen LogP contribution in [0.1, 0.15) is 39.3 Å². The molecular formula is C18H23N3O4. The zero-order chi connectivity index (χ0) is 18.7. The lowest BCUT2D eigenvalue weighted by atomic mass is 9.95. The van der Waals surface area contributed by atoms with Crippen LogP contribution in [0.2, 0.25) is 0 Å². The van der Waals surface area contributed by atoms with Crippen LogP contribution in [0.5, 0.6) is 0 Å². The molecule has 7 nitrogen and oxygen atoms in total. The number of nitrogens with zero attached hydrogens (tertiary/aromatic N) is 1. The van der Waals surface area contributed by atoms with E-state index >= 15 is 0 Å². The van der Waals surface area contributed by atoms with Crippen LogP contribution < -0.4 is 10.6 Å². The summed E-state index contributed by atoms with van der Waals surface area (Å²) in [5.74, 6) is -0.632. The molecule has 0 aliphatic carbocycles. The Labute approximate surface area is 147 Å². The number of esters is 1. The van der Waals surface area contributed by atoms with E-state index in [4.69, 9.17) is 4.74 Å². The predicted octanol–water partition coefficient (Wildman–Crippen LogP) is 2.57. The molecule has 1 heterocycles. The van der Waals surface area contributed by atoms with Gasteiger partial charge in [0.1, 0.15) is 0 Å². The van der Waals surface area contributed by atoms with Gasteiger partial charge in [0.15, 0.2) is 0 Å². The summed E-state index contributed by atoms with van der Waals surface area (Å²) in [6, 6.07) is 6.06. The molecule has 2 rings (SSSR count). The van der Waals surface area contributed by atoms with Crippen molar-refractivity contribution in [3.8, 4) is 0 Å². The fourth-order valence-corrected chi connectivity index (χ4v) is 2.59. The summed E-state index contributed by atoms with van der Waals surface area (Å²) in [4.78, 5) is 37.2. The van der Waals surface area contributed by atoms with Crippen LogP contribution in [0.15, 0.2) is 35.5 Å². The van der Waals surface area contributed by atoms with Gasteiger partial charge in [-0.15, -0.1) is 0 Å². The molecule has 1 aromatic carbocycles. The Balaban J connectivity index is 2.40. The summed E-state index contributed by atoms with van der Waals surface area (Å²) >= 11 is 0. The van der Waals surface area contributed by atoms with E-state index in [9.17, 15) is 14.4 Å². The number of benzene rings is 1. The summed E-state index contributed by atoms with van der Waals surface area (Å²) < 4.78 is 5.34. The summed E-state index contributed by atoms with van der Waals surface area (Å²) in [6.07, 6.45) is -0.265. The number of amides is 3. The second-order valence-electron chi connectivity index (χ2n) is 6.20. The molecule has 7 heteroatoms. The Morgan fingerprint density at radius 1 is 1.24 bits per heavy atom. The van der Waals surface area contributed by atoms with E-state index in [0.717, 1.165) is 5.56 Å². The van der Waals surface area contributed by atoms with Gasteiger partial charge in [-0.25, -0.2) is 9.59 Å². The molecule has 0 saturated heterocycles. The number of nitrogens with one attached hydrogen (secondary N) is 2. The van der Waals surface area contributed by atoms with Crippen molar-refractivity contribution in [1.82, 2.24) is 10.2 Å². The first-order valence-electron chi connectivity index (χ1n) is 8.04. The molecule has 134 valence electrons. The molecule has 1 aromatic rings. The number of hydrogen-bond acceptors (Lipinski definition) is 4. The van der Waals surface area contributed by atoms with Crippen molar-refractivity contribution < 1.29 is 19.1 Å². The molecule has 0 fully saturated rings. The van der Waals surface area contributed by atoms with Crippen molar-refractivity contribution in [2.45, 2.75) is 39.8 Å². The van der Waals surface area contributed by atoms with Gasteiger partial charge in [-0.2, -0.15) is 0 Å². The molecule has 0 aromatic heterocycles. The molecule has 0 bridgehead atoms. The molecule has 0 saturated carbocycles. The Kier molecular flexibility index (Phi) is 5.46. The van der Waals surface area contributed by atoms with Crippen molar-refractivity contribution in [1.29, 1.82) is 0 Å². The third kappa shape index (κ3) is 4.17. The van der Waals surface area contributed by atoms with Crippen LogP contribution in [0.3, 0.4) is 0 Å². The van der Waals surface area contributed by atoms with Crippen LogP contribution in [0.4, 0.5) is 10.5 Å². The first-order chi connectivity index (χ1) is 11.7. The minimum Gasteiger partial charge on any atom is -0.459 e. The number of carbonyl (C=O) groups excluding carboxylic acids is 3. The quantitative estimate of drug-likeness (QED) is 0.821. The van der Waals surface area contributed by atoms with E-state index in [1.807, 2.05) is 0 Å². The molecule has 1 atom stereocenters. The number of carbonyl (C=O) groups is 3.